The number of imidazole rings is 1. The number of aromatic nitrogens is 3. The van der Waals surface area contributed by atoms with Crippen molar-refractivity contribution in [2.75, 3.05) is 13.1 Å². The fourth-order valence-corrected chi connectivity index (χ4v) is 3.98. The number of benzene rings is 1. The smallest absolute Gasteiger partial charge is 0.141 e. The van der Waals surface area contributed by atoms with Crippen LogP contribution in [-0.4, -0.2) is 37.6 Å². The van der Waals surface area contributed by atoms with Crippen molar-refractivity contribution < 1.29 is 5.11 Å². The Morgan fingerprint density at radius 3 is 2.78 bits per heavy atom. The summed E-state index contributed by atoms with van der Waals surface area (Å²) in [5.74, 6) is 1.95. The predicted molar refractivity (Wildman–Crippen MR) is 106 cm³/mol. The summed E-state index contributed by atoms with van der Waals surface area (Å²) in [5, 5.41) is 9.47. The van der Waals surface area contributed by atoms with Gasteiger partial charge >= 0.3 is 0 Å². The summed E-state index contributed by atoms with van der Waals surface area (Å²) >= 11 is 0. The fourth-order valence-electron chi connectivity index (χ4n) is 3.98. The molecule has 0 spiro atoms. The molecule has 5 heteroatoms. The van der Waals surface area contributed by atoms with E-state index in [0.717, 1.165) is 37.6 Å². The molecule has 0 amide bonds. The van der Waals surface area contributed by atoms with Crippen molar-refractivity contribution in [1.29, 1.82) is 0 Å². The molecule has 0 aliphatic carbocycles. The molecular weight excluding hydrogens is 336 g/mol. The highest BCUT2D eigenvalue weighted by Crippen LogP contribution is 2.25. The Hall–Kier alpha value is -2.66. The Balaban J connectivity index is 1.45. The molecule has 0 saturated carbocycles. The maximum atomic E-state index is 9.47. The highest BCUT2D eigenvalue weighted by Gasteiger charge is 2.22. The minimum Gasteiger partial charge on any atom is -0.508 e. The van der Waals surface area contributed by atoms with E-state index in [2.05, 4.69) is 32.4 Å². The quantitative estimate of drug-likeness (QED) is 0.749. The zero-order valence-corrected chi connectivity index (χ0v) is 15.8. The highest BCUT2D eigenvalue weighted by molar-refractivity contribution is 5.54. The van der Waals surface area contributed by atoms with E-state index < -0.39 is 0 Å². The molecule has 0 radical (unpaired) electrons. The minimum absolute atomic E-state index is 0.328. The molecule has 3 heterocycles. The van der Waals surface area contributed by atoms with Crippen LogP contribution < -0.4 is 0 Å². The van der Waals surface area contributed by atoms with E-state index >= 15 is 0 Å². The predicted octanol–water partition coefficient (Wildman–Crippen LogP) is 3.87. The van der Waals surface area contributed by atoms with Crippen LogP contribution in [0.3, 0.4) is 0 Å². The topological polar surface area (TPSA) is 54.2 Å². The van der Waals surface area contributed by atoms with Gasteiger partial charge in [0, 0.05) is 49.5 Å². The second-order valence-corrected chi connectivity index (χ2v) is 7.49. The van der Waals surface area contributed by atoms with Gasteiger partial charge in [0.25, 0.3) is 0 Å². The third-order valence-electron chi connectivity index (χ3n) is 5.36. The molecule has 140 valence electrons. The Labute approximate surface area is 160 Å². The first-order chi connectivity index (χ1) is 13.2. The van der Waals surface area contributed by atoms with Crippen LogP contribution in [0.2, 0.25) is 0 Å². The third-order valence-corrected chi connectivity index (χ3v) is 5.36. The van der Waals surface area contributed by atoms with Crippen molar-refractivity contribution in [2.45, 2.75) is 32.9 Å². The SMILES string of the molecule is Cc1cnc(-c2cccnc2)n1CC1CCCN(Cc2ccc(O)cc2)C1. The van der Waals surface area contributed by atoms with Crippen molar-refractivity contribution in [3.05, 3.63) is 66.2 Å². The van der Waals surface area contributed by atoms with Gasteiger partial charge in [0.1, 0.15) is 11.6 Å². The number of aryl methyl sites for hydroxylation is 1. The maximum absolute atomic E-state index is 9.47. The van der Waals surface area contributed by atoms with Crippen LogP contribution in [0.4, 0.5) is 0 Å². The van der Waals surface area contributed by atoms with Gasteiger partial charge in [-0.05, 0) is 62.1 Å². The number of phenols is 1. The lowest BCUT2D eigenvalue weighted by molar-refractivity contribution is 0.156. The number of rotatable bonds is 5. The molecule has 4 rings (SSSR count). The van der Waals surface area contributed by atoms with E-state index in [1.54, 1.807) is 18.3 Å². The lowest BCUT2D eigenvalue weighted by Crippen LogP contribution is -2.36. The Morgan fingerprint density at radius 2 is 2.00 bits per heavy atom. The zero-order chi connectivity index (χ0) is 18.6. The van der Waals surface area contributed by atoms with Crippen molar-refractivity contribution in [1.82, 2.24) is 19.4 Å². The van der Waals surface area contributed by atoms with Crippen molar-refractivity contribution in [3.63, 3.8) is 0 Å². The van der Waals surface area contributed by atoms with Crippen LogP contribution in [0.25, 0.3) is 11.4 Å². The number of piperidine rings is 1. The number of hydrogen-bond donors (Lipinski definition) is 1. The van der Waals surface area contributed by atoms with Gasteiger partial charge in [-0.15, -0.1) is 0 Å². The average Bonchev–Trinajstić information content (AvgIpc) is 3.05. The Bertz CT molecular complexity index is 873. The van der Waals surface area contributed by atoms with Gasteiger partial charge < -0.3 is 9.67 Å². The van der Waals surface area contributed by atoms with Gasteiger partial charge in [0.2, 0.25) is 0 Å². The van der Waals surface area contributed by atoms with Gasteiger partial charge in [-0.2, -0.15) is 0 Å². The Morgan fingerprint density at radius 1 is 1.15 bits per heavy atom. The molecule has 27 heavy (non-hydrogen) atoms. The molecule has 1 saturated heterocycles. The van der Waals surface area contributed by atoms with Gasteiger partial charge in [0.15, 0.2) is 0 Å². The number of likely N-dealkylation sites (tertiary alicyclic amines) is 1. The molecule has 1 aliphatic rings. The molecule has 1 atom stereocenters. The molecule has 0 bridgehead atoms. The second-order valence-electron chi connectivity index (χ2n) is 7.49. The van der Waals surface area contributed by atoms with Gasteiger partial charge in [-0.25, -0.2) is 4.98 Å². The maximum Gasteiger partial charge on any atom is 0.141 e. The van der Waals surface area contributed by atoms with E-state index in [-0.39, 0.29) is 0 Å². The van der Waals surface area contributed by atoms with Crippen LogP contribution in [0.1, 0.15) is 24.1 Å². The summed E-state index contributed by atoms with van der Waals surface area (Å²) in [5.41, 5.74) is 3.52. The summed E-state index contributed by atoms with van der Waals surface area (Å²) in [4.78, 5) is 11.4. The van der Waals surface area contributed by atoms with E-state index in [1.807, 2.05) is 30.6 Å². The molecular formula is C22H26N4O. The standard InChI is InChI=1S/C22H26N4O/c1-17-12-24-22(20-5-2-10-23-13-20)26(17)16-19-4-3-11-25(15-19)14-18-6-8-21(27)9-7-18/h2,5-10,12-13,19,27H,3-4,11,14-16H2,1H3. The number of aromatic hydroxyl groups is 1. The summed E-state index contributed by atoms with van der Waals surface area (Å²) in [6.07, 6.45) is 8.11. The number of nitrogens with zero attached hydrogens (tertiary/aromatic N) is 4. The summed E-state index contributed by atoms with van der Waals surface area (Å²) < 4.78 is 2.34. The lowest BCUT2D eigenvalue weighted by atomic mass is 9.97. The lowest BCUT2D eigenvalue weighted by Gasteiger charge is -2.33. The normalized spacial score (nSPS) is 17.9. The van der Waals surface area contributed by atoms with Gasteiger partial charge in [-0.3, -0.25) is 9.88 Å². The molecule has 2 aromatic heterocycles. The van der Waals surface area contributed by atoms with E-state index in [1.165, 1.54) is 24.1 Å². The zero-order valence-electron chi connectivity index (χ0n) is 15.8. The van der Waals surface area contributed by atoms with E-state index in [9.17, 15) is 5.11 Å². The monoisotopic (exact) mass is 362 g/mol. The van der Waals surface area contributed by atoms with E-state index in [0.29, 0.717) is 11.7 Å². The third kappa shape index (κ3) is 4.19. The average molecular weight is 362 g/mol. The second kappa shape index (κ2) is 7.92. The first-order valence-corrected chi connectivity index (χ1v) is 9.62. The van der Waals surface area contributed by atoms with Crippen molar-refractivity contribution in [3.8, 4) is 17.1 Å². The summed E-state index contributed by atoms with van der Waals surface area (Å²) in [7, 11) is 0. The van der Waals surface area contributed by atoms with Crippen LogP contribution in [0, 0.1) is 12.8 Å². The van der Waals surface area contributed by atoms with Crippen molar-refractivity contribution >= 4 is 0 Å². The summed E-state index contributed by atoms with van der Waals surface area (Å²) in [6.45, 7) is 6.28. The first-order valence-electron chi connectivity index (χ1n) is 9.62. The molecule has 1 aliphatic heterocycles. The highest BCUT2D eigenvalue weighted by atomic mass is 16.3. The first kappa shape index (κ1) is 17.7. The van der Waals surface area contributed by atoms with Crippen LogP contribution in [-0.2, 0) is 13.1 Å². The minimum atomic E-state index is 0.328. The largest absolute Gasteiger partial charge is 0.508 e. The van der Waals surface area contributed by atoms with Gasteiger partial charge in [-0.1, -0.05) is 12.1 Å². The molecule has 1 N–H and O–H groups in total. The van der Waals surface area contributed by atoms with E-state index in [4.69, 9.17) is 0 Å². The number of hydrogen-bond acceptors (Lipinski definition) is 4. The molecule has 1 unspecified atom stereocenters. The fraction of sp³-hybridized carbons (Fsp3) is 0.364. The Kier molecular flexibility index (Phi) is 5.21. The molecule has 5 nitrogen and oxygen atoms in total. The number of pyridine rings is 1. The molecule has 3 aromatic rings. The van der Waals surface area contributed by atoms with Crippen LogP contribution in [0.15, 0.2) is 55.0 Å². The van der Waals surface area contributed by atoms with Gasteiger partial charge in [0.05, 0.1) is 0 Å². The summed E-state index contributed by atoms with van der Waals surface area (Å²) in [6, 6.07) is 11.6. The van der Waals surface area contributed by atoms with Crippen molar-refractivity contribution in [2.24, 2.45) is 5.92 Å². The number of phenolic OH excluding ortho intramolecular Hbond substituents is 1. The van der Waals surface area contributed by atoms with Crippen LogP contribution in [0.5, 0.6) is 5.75 Å². The molecule has 1 aromatic carbocycles. The van der Waals surface area contributed by atoms with Crippen LogP contribution >= 0.6 is 0 Å². The molecule has 1 fully saturated rings.